The lowest BCUT2D eigenvalue weighted by atomic mass is 10.1. The summed E-state index contributed by atoms with van der Waals surface area (Å²) in [5.74, 6) is -0.205. The van der Waals surface area contributed by atoms with Crippen molar-refractivity contribution in [3.8, 4) is 0 Å². The molecule has 0 radical (unpaired) electrons. The van der Waals surface area contributed by atoms with E-state index in [9.17, 15) is 4.79 Å². The molecule has 0 spiro atoms. The number of H-pyrrole nitrogens is 1. The number of aromatic nitrogens is 3. The van der Waals surface area contributed by atoms with Gasteiger partial charge in [-0.3, -0.25) is 14.9 Å². The minimum atomic E-state index is -0.205. The van der Waals surface area contributed by atoms with E-state index in [-0.39, 0.29) is 5.91 Å². The number of nitrogens with one attached hydrogen (secondary N) is 2. The number of pyridine rings is 1. The van der Waals surface area contributed by atoms with Gasteiger partial charge in [-0.2, -0.15) is 5.10 Å². The van der Waals surface area contributed by atoms with E-state index in [0.29, 0.717) is 5.69 Å². The Morgan fingerprint density at radius 1 is 1.04 bits per heavy atom. The summed E-state index contributed by atoms with van der Waals surface area (Å²) in [7, 11) is 0. The molecule has 6 nitrogen and oxygen atoms in total. The van der Waals surface area contributed by atoms with Gasteiger partial charge >= 0.3 is 0 Å². The summed E-state index contributed by atoms with van der Waals surface area (Å²) in [5, 5.41) is 11.5. The Kier molecular flexibility index (Phi) is 3.86. The summed E-state index contributed by atoms with van der Waals surface area (Å²) in [5.41, 5.74) is 2.41. The first kappa shape index (κ1) is 14.7. The van der Waals surface area contributed by atoms with Gasteiger partial charge in [-0.05, 0) is 43.5 Å². The zero-order valence-corrected chi connectivity index (χ0v) is 13.3. The molecule has 1 aromatic carbocycles. The highest BCUT2D eigenvalue weighted by atomic mass is 16.1. The van der Waals surface area contributed by atoms with Crippen LogP contribution in [0.15, 0.2) is 42.9 Å². The van der Waals surface area contributed by atoms with Crippen molar-refractivity contribution in [2.75, 3.05) is 23.3 Å². The van der Waals surface area contributed by atoms with Gasteiger partial charge in [0.15, 0.2) is 0 Å². The summed E-state index contributed by atoms with van der Waals surface area (Å²) >= 11 is 0. The van der Waals surface area contributed by atoms with E-state index in [0.717, 1.165) is 29.5 Å². The summed E-state index contributed by atoms with van der Waals surface area (Å²) in [4.78, 5) is 19.0. The minimum absolute atomic E-state index is 0.205. The van der Waals surface area contributed by atoms with E-state index < -0.39 is 0 Å². The van der Waals surface area contributed by atoms with Crippen molar-refractivity contribution in [3.63, 3.8) is 0 Å². The molecule has 1 amide bonds. The van der Waals surface area contributed by atoms with E-state index >= 15 is 0 Å². The van der Waals surface area contributed by atoms with Gasteiger partial charge < -0.3 is 10.2 Å². The Bertz CT molecular complexity index is 853. The molecule has 2 N–H and O–H groups in total. The number of aromatic amines is 1. The summed E-state index contributed by atoms with van der Waals surface area (Å²) in [6.07, 6.45) is 8.93. The molecule has 4 rings (SSSR count). The van der Waals surface area contributed by atoms with Crippen LogP contribution in [0.3, 0.4) is 0 Å². The van der Waals surface area contributed by atoms with Gasteiger partial charge in [0, 0.05) is 48.1 Å². The van der Waals surface area contributed by atoms with Crippen molar-refractivity contribution >= 4 is 28.1 Å². The van der Waals surface area contributed by atoms with Gasteiger partial charge in [-0.15, -0.1) is 0 Å². The maximum absolute atomic E-state index is 12.3. The molecular formula is C18H19N5O. The Hall–Kier alpha value is -2.89. The number of piperidine rings is 1. The van der Waals surface area contributed by atoms with Crippen LogP contribution in [0.2, 0.25) is 0 Å². The van der Waals surface area contributed by atoms with Crippen molar-refractivity contribution in [2.24, 2.45) is 0 Å². The number of fused-ring (bicyclic) bond motifs is 1. The molecule has 1 saturated heterocycles. The molecule has 3 heterocycles. The standard InChI is InChI=1S/C18H19N5O/c24-18(16-7-9-20-22-16)21-15-4-5-17(23-10-2-1-3-11-23)13-6-8-19-12-14(13)15/h4-9,12H,1-3,10-11H2,(H,20,22)(H,21,24). The lowest BCUT2D eigenvalue weighted by Gasteiger charge is -2.30. The molecule has 2 aromatic heterocycles. The molecule has 1 fully saturated rings. The number of benzene rings is 1. The fraction of sp³-hybridized carbons (Fsp3) is 0.278. The number of hydrogen-bond acceptors (Lipinski definition) is 4. The SMILES string of the molecule is O=C(Nc1ccc(N2CCCCC2)c2ccncc12)c1ccn[nH]1. The molecule has 0 atom stereocenters. The monoisotopic (exact) mass is 321 g/mol. The van der Waals surface area contributed by atoms with E-state index in [1.54, 1.807) is 18.5 Å². The molecule has 6 heteroatoms. The predicted molar refractivity (Wildman–Crippen MR) is 94.3 cm³/mol. The predicted octanol–water partition coefficient (Wildman–Crippen LogP) is 3.20. The highest BCUT2D eigenvalue weighted by Crippen LogP contribution is 2.33. The molecule has 122 valence electrons. The number of amides is 1. The molecule has 0 bridgehead atoms. The lowest BCUT2D eigenvalue weighted by molar-refractivity contribution is 0.102. The maximum Gasteiger partial charge on any atom is 0.273 e. The number of anilines is 2. The quantitative estimate of drug-likeness (QED) is 0.777. The van der Waals surface area contributed by atoms with Crippen LogP contribution in [0, 0.1) is 0 Å². The van der Waals surface area contributed by atoms with Crippen LogP contribution >= 0.6 is 0 Å². The van der Waals surface area contributed by atoms with Gasteiger partial charge in [0.25, 0.3) is 5.91 Å². The van der Waals surface area contributed by atoms with Crippen LogP contribution in [-0.4, -0.2) is 34.2 Å². The Balaban J connectivity index is 1.71. The fourth-order valence-electron chi connectivity index (χ4n) is 3.27. The number of carbonyl (C=O) groups excluding carboxylic acids is 1. The number of hydrogen-bond donors (Lipinski definition) is 2. The summed E-state index contributed by atoms with van der Waals surface area (Å²) in [6, 6.07) is 7.72. The molecule has 0 aliphatic carbocycles. The van der Waals surface area contributed by atoms with Crippen LogP contribution in [0.25, 0.3) is 10.8 Å². The third-order valence-corrected chi connectivity index (χ3v) is 4.49. The van der Waals surface area contributed by atoms with Crippen molar-refractivity contribution in [3.05, 3.63) is 48.5 Å². The molecule has 3 aromatic rings. The Morgan fingerprint density at radius 2 is 1.92 bits per heavy atom. The van der Waals surface area contributed by atoms with Crippen molar-refractivity contribution in [2.45, 2.75) is 19.3 Å². The van der Waals surface area contributed by atoms with Gasteiger partial charge in [0.2, 0.25) is 0 Å². The highest BCUT2D eigenvalue weighted by molar-refractivity contribution is 6.10. The van der Waals surface area contributed by atoms with E-state index in [1.807, 2.05) is 18.3 Å². The molecule has 1 aliphatic heterocycles. The third-order valence-electron chi connectivity index (χ3n) is 4.49. The topological polar surface area (TPSA) is 73.9 Å². The normalized spacial score (nSPS) is 14.8. The van der Waals surface area contributed by atoms with Gasteiger partial charge in [0.05, 0.1) is 5.69 Å². The van der Waals surface area contributed by atoms with Crippen molar-refractivity contribution < 1.29 is 4.79 Å². The summed E-state index contributed by atoms with van der Waals surface area (Å²) in [6.45, 7) is 2.16. The minimum Gasteiger partial charge on any atom is -0.371 e. The van der Waals surface area contributed by atoms with Crippen LogP contribution in [0.4, 0.5) is 11.4 Å². The Morgan fingerprint density at radius 3 is 2.71 bits per heavy atom. The fourth-order valence-corrected chi connectivity index (χ4v) is 3.27. The second kappa shape index (κ2) is 6.31. The maximum atomic E-state index is 12.3. The van der Waals surface area contributed by atoms with Crippen molar-refractivity contribution in [1.82, 2.24) is 15.2 Å². The average Bonchev–Trinajstić information content (AvgIpc) is 3.17. The largest absolute Gasteiger partial charge is 0.371 e. The lowest BCUT2D eigenvalue weighted by Crippen LogP contribution is -2.29. The van der Waals surface area contributed by atoms with E-state index in [1.165, 1.54) is 24.9 Å². The first-order valence-corrected chi connectivity index (χ1v) is 8.25. The van der Waals surface area contributed by atoms with Gasteiger partial charge in [0.1, 0.15) is 5.69 Å². The number of carbonyl (C=O) groups is 1. The van der Waals surface area contributed by atoms with Crippen LogP contribution in [-0.2, 0) is 0 Å². The van der Waals surface area contributed by atoms with Crippen LogP contribution in [0.1, 0.15) is 29.8 Å². The van der Waals surface area contributed by atoms with E-state index in [4.69, 9.17) is 0 Å². The molecular weight excluding hydrogens is 302 g/mol. The highest BCUT2D eigenvalue weighted by Gasteiger charge is 2.16. The molecule has 1 aliphatic rings. The van der Waals surface area contributed by atoms with Gasteiger partial charge in [-0.1, -0.05) is 0 Å². The first-order valence-electron chi connectivity index (χ1n) is 8.25. The number of rotatable bonds is 3. The second-order valence-electron chi connectivity index (χ2n) is 6.03. The van der Waals surface area contributed by atoms with Crippen molar-refractivity contribution in [1.29, 1.82) is 0 Å². The number of nitrogens with zero attached hydrogens (tertiary/aromatic N) is 3. The first-order chi connectivity index (χ1) is 11.8. The third kappa shape index (κ3) is 2.71. The average molecular weight is 321 g/mol. The molecule has 0 unspecified atom stereocenters. The van der Waals surface area contributed by atoms with Crippen LogP contribution < -0.4 is 10.2 Å². The van der Waals surface area contributed by atoms with E-state index in [2.05, 4.69) is 31.5 Å². The zero-order valence-electron chi connectivity index (χ0n) is 13.3. The zero-order chi connectivity index (χ0) is 16.4. The molecule has 24 heavy (non-hydrogen) atoms. The smallest absolute Gasteiger partial charge is 0.273 e. The summed E-state index contributed by atoms with van der Waals surface area (Å²) < 4.78 is 0. The van der Waals surface area contributed by atoms with Gasteiger partial charge in [-0.25, -0.2) is 0 Å². The van der Waals surface area contributed by atoms with Crippen LogP contribution in [0.5, 0.6) is 0 Å². The second-order valence-corrected chi connectivity index (χ2v) is 6.03. The Labute approximate surface area is 139 Å². The molecule has 0 saturated carbocycles.